The molecule has 0 aliphatic carbocycles. The molecule has 1 aromatic carbocycles. The number of likely N-dealkylation sites (tertiary alicyclic amines) is 1. The second-order valence-electron chi connectivity index (χ2n) is 6.13. The number of benzene rings is 1. The van der Waals surface area contributed by atoms with Gasteiger partial charge in [-0.1, -0.05) is 18.9 Å². The number of halogens is 1. The van der Waals surface area contributed by atoms with Crippen molar-refractivity contribution in [2.75, 3.05) is 6.54 Å². The zero-order valence-corrected chi connectivity index (χ0v) is 12.6. The normalized spacial score (nSPS) is 22.5. The first-order chi connectivity index (χ1) is 9.56. The highest BCUT2D eigenvalue weighted by Crippen LogP contribution is 2.23. The average Bonchev–Trinajstić information content (AvgIpc) is 2.59. The lowest BCUT2D eigenvalue weighted by molar-refractivity contribution is 0.108. The van der Waals surface area contributed by atoms with Crippen LogP contribution in [0, 0.1) is 12.7 Å². The van der Waals surface area contributed by atoms with Crippen LogP contribution in [0.3, 0.4) is 0 Å². The summed E-state index contributed by atoms with van der Waals surface area (Å²) in [5, 5.41) is 9.69. The van der Waals surface area contributed by atoms with Gasteiger partial charge in [0.2, 0.25) is 0 Å². The Hall–Kier alpha value is -0.930. The molecule has 112 valence electrons. The third-order valence-electron chi connectivity index (χ3n) is 4.30. The molecule has 20 heavy (non-hydrogen) atoms. The summed E-state index contributed by atoms with van der Waals surface area (Å²) in [4.78, 5) is 2.43. The Morgan fingerprint density at radius 2 is 2.15 bits per heavy atom. The predicted molar refractivity (Wildman–Crippen MR) is 80.1 cm³/mol. The Bertz CT molecular complexity index is 433. The summed E-state index contributed by atoms with van der Waals surface area (Å²) in [5.74, 6) is -0.160. The van der Waals surface area contributed by atoms with Gasteiger partial charge in [0.25, 0.3) is 0 Å². The first-order valence-electron chi connectivity index (χ1n) is 7.73. The van der Waals surface area contributed by atoms with Crippen LogP contribution in [0.2, 0.25) is 0 Å². The zero-order valence-electron chi connectivity index (χ0n) is 12.6. The highest BCUT2D eigenvalue weighted by Gasteiger charge is 2.22. The molecule has 2 atom stereocenters. The van der Waals surface area contributed by atoms with E-state index in [9.17, 15) is 9.50 Å². The SMILES string of the molecule is Cc1ccc(F)cc1CN1CCCCCC1CC(C)O. The van der Waals surface area contributed by atoms with E-state index in [1.807, 2.05) is 19.9 Å². The van der Waals surface area contributed by atoms with Crippen LogP contribution >= 0.6 is 0 Å². The van der Waals surface area contributed by atoms with Crippen LogP contribution in [-0.2, 0) is 6.54 Å². The number of hydrogen-bond donors (Lipinski definition) is 1. The fourth-order valence-corrected chi connectivity index (χ4v) is 3.13. The Morgan fingerprint density at radius 3 is 2.90 bits per heavy atom. The van der Waals surface area contributed by atoms with E-state index in [-0.39, 0.29) is 11.9 Å². The molecule has 1 aromatic rings. The summed E-state index contributed by atoms with van der Waals surface area (Å²) in [7, 11) is 0. The fourth-order valence-electron chi connectivity index (χ4n) is 3.13. The van der Waals surface area contributed by atoms with Gasteiger partial charge in [-0.25, -0.2) is 4.39 Å². The molecule has 1 saturated heterocycles. The number of nitrogens with zero attached hydrogens (tertiary/aromatic N) is 1. The monoisotopic (exact) mass is 279 g/mol. The molecule has 0 bridgehead atoms. The molecular weight excluding hydrogens is 253 g/mol. The lowest BCUT2D eigenvalue weighted by Crippen LogP contribution is -2.36. The van der Waals surface area contributed by atoms with Gasteiger partial charge in [-0.15, -0.1) is 0 Å². The standard InChI is InChI=1S/C17H26FNO/c1-13-7-8-16(18)11-15(13)12-19-9-5-3-4-6-17(19)10-14(2)20/h7-8,11,14,17,20H,3-6,9-10,12H2,1-2H3. The molecule has 0 saturated carbocycles. The quantitative estimate of drug-likeness (QED) is 0.909. The Labute approximate surface area is 121 Å². The van der Waals surface area contributed by atoms with Crippen molar-refractivity contribution in [2.45, 2.75) is 64.6 Å². The second kappa shape index (κ2) is 7.19. The molecule has 1 aliphatic heterocycles. The van der Waals surface area contributed by atoms with Crippen LogP contribution in [0.25, 0.3) is 0 Å². The molecule has 1 fully saturated rings. The number of hydrogen-bond acceptors (Lipinski definition) is 2. The molecule has 0 amide bonds. The van der Waals surface area contributed by atoms with E-state index < -0.39 is 0 Å². The van der Waals surface area contributed by atoms with Gasteiger partial charge in [-0.3, -0.25) is 4.90 Å². The largest absolute Gasteiger partial charge is 0.393 e. The molecular formula is C17H26FNO. The zero-order chi connectivity index (χ0) is 14.5. The topological polar surface area (TPSA) is 23.5 Å². The van der Waals surface area contributed by atoms with Gasteiger partial charge in [0.1, 0.15) is 5.82 Å². The summed E-state index contributed by atoms with van der Waals surface area (Å²) in [6, 6.07) is 5.44. The van der Waals surface area contributed by atoms with Crippen molar-refractivity contribution in [3.63, 3.8) is 0 Å². The molecule has 1 heterocycles. The van der Waals surface area contributed by atoms with E-state index in [2.05, 4.69) is 4.90 Å². The number of aliphatic hydroxyl groups is 1. The summed E-state index contributed by atoms with van der Waals surface area (Å²) in [6.45, 7) is 5.74. The summed E-state index contributed by atoms with van der Waals surface area (Å²) in [6.07, 6.45) is 5.37. The molecule has 1 aliphatic rings. The van der Waals surface area contributed by atoms with E-state index in [1.54, 1.807) is 6.07 Å². The van der Waals surface area contributed by atoms with E-state index in [0.717, 1.165) is 37.1 Å². The number of aryl methyl sites for hydroxylation is 1. The third kappa shape index (κ3) is 4.29. The second-order valence-corrected chi connectivity index (χ2v) is 6.13. The molecule has 0 radical (unpaired) electrons. The molecule has 2 unspecified atom stereocenters. The van der Waals surface area contributed by atoms with Crippen molar-refractivity contribution in [3.05, 3.63) is 35.1 Å². The highest BCUT2D eigenvalue weighted by atomic mass is 19.1. The maximum absolute atomic E-state index is 13.4. The van der Waals surface area contributed by atoms with Gasteiger partial charge < -0.3 is 5.11 Å². The van der Waals surface area contributed by atoms with Crippen molar-refractivity contribution in [1.82, 2.24) is 4.90 Å². The predicted octanol–water partition coefficient (Wildman–Crippen LogP) is 3.65. The van der Waals surface area contributed by atoms with Gasteiger partial charge >= 0.3 is 0 Å². The van der Waals surface area contributed by atoms with Gasteiger partial charge in [0.15, 0.2) is 0 Å². The molecule has 2 rings (SSSR count). The van der Waals surface area contributed by atoms with E-state index in [4.69, 9.17) is 0 Å². The Morgan fingerprint density at radius 1 is 1.35 bits per heavy atom. The molecule has 3 heteroatoms. The van der Waals surface area contributed by atoms with Crippen LogP contribution in [0.4, 0.5) is 4.39 Å². The van der Waals surface area contributed by atoms with Crippen LogP contribution in [0.1, 0.15) is 50.2 Å². The first-order valence-corrected chi connectivity index (χ1v) is 7.73. The van der Waals surface area contributed by atoms with E-state index >= 15 is 0 Å². The lowest BCUT2D eigenvalue weighted by Gasteiger charge is -2.31. The maximum Gasteiger partial charge on any atom is 0.123 e. The first kappa shape index (κ1) is 15.5. The van der Waals surface area contributed by atoms with Crippen molar-refractivity contribution in [2.24, 2.45) is 0 Å². The van der Waals surface area contributed by atoms with Gasteiger partial charge in [0, 0.05) is 12.6 Å². The van der Waals surface area contributed by atoms with Crippen LogP contribution < -0.4 is 0 Å². The number of rotatable bonds is 4. The highest BCUT2D eigenvalue weighted by molar-refractivity contribution is 5.26. The third-order valence-corrected chi connectivity index (χ3v) is 4.30. The van der Waals surface area contributed by atoms with Gasteiger partial charge in [0.05, 0.1) is 6.10 Å². The molecule has 0 aromatic heterocycles. The fraction of sp³-hybridized carbons (Fsp3) is 0.647. The minimum atomic E-state index is -0.269. The van der Waals surface area contributed by atoms with Crippen molar-refractivity contribution < 1.29 is 9.50 Å². The van der Waals surface area contributed by atoms with Crippen LogP contribution in [-0.4, -0.2) is 28.7 Å². The van der Waals surface area contributed by atoms with E-state index in [0.29, 0.717) is 6.04 Å². The molecule has 1 N–H and O–H groups in total. The lowest BCUT2D eigenvalue weighted by atomic mass is 10.0. The summed E-state index contributed by atoms with van der Waals surface area (Å²) >= 11 is 0. The molecule has 0 spiro atoms. The minimum Gasteiger partial charge on any atom is -0.393 e. The average molecular weight is 279 g/mol. The Balaban J connectivity index is 2.12. The summed E-state index contributed by atoms with van der Waals surface area (Å²) in [5.41, 5.74) is 2.22. The van der Waals surface area contributed by atoms with Gasteiger partial charge in [-0.05, 0) is 62.9 Å². The van der Waals surface area contributed by atoms with Crippen molar-refractivity contribution in [1.29, 1.82) is 0 Å². The van der Waals surface area contributed by atoms with Crippen LogP contribution in [0.5, 0.6) is 0 Å². The Kier molecular flexibility index (Phi) is 5.55. The smallest absolute Gasteiger partial charge is 0.123 e. The van der Waals surface area contributed by atoms with Crippen LogP contribution in [0.15, 0.2) is 18.2 Å². The van der Waals surface area contributed by atoms with E-state index in [1.165, 1.54) is 25.3 Å². The minimum absolute atomic E-state index is 0.160. The maximum atomic E-state index is 13.4. The summed E-state index contributed by atoms with van der Waals surface area (Å²) < 4.78 is 13.4. The van der Waals surface area contributed by atoms with Gasteiger partial charge in [-0.2, -0.15) is 0 Å². The number of aliphatic hydroxyl groups excluding tert-OH is 1. The molecule has 2 nitrogen and oxygen atoms in total. The van der Waals surface area contributed by atoms with Crippen molar-refractivity contribution in [3.8, 4) is 0 Å². The van der Waals surface area contributed by atoms with Crippen molar-refractivity contribution >= 4 is 0 Å².